The van der Waals surface area contributed by atoms with Crippen molar-refractivity contribution in [2.45, 2.75) is 19.9 Å². The molecule has 1 rings (SSSR count). The highest BCUT2D eigenvalue weighted by Gasteiger charge is 2.03. The number of nitrogens with one attached hydrogen (secondary N) is 1. The van der Waals surface area contributed by atoms with Crippen LogP contribution in [0.4, 0.5) is 5.82 Å². The second-order valence-electron chi connectivity index (χ2n) is 2.85. The molecular formula is C8H12ClN3O. The minimum Gasteiger partial charge on any atom is -0.394 e. The molecule has 13 heavy (non-hydrogen) atoms. The molecule has 0 saturated carbocycles. The van der Waals surface area contributed by atoms with Crippen LogP contribution in [0.3, 0.4) is 0 Å². The number of anilines is 1. The first-order chi connectivity index (χ1) is 6.11. The second-order valence-corrected chi connectivity index (χ2v) is 3.24. The molecule has 0 aromatic carbocycles. The van der Waals surface area contributed by atoms with Gasteiger partial charge in [-0.05, 0) is 13.8 Å². The second kappa shape index (κ2) is 4.39. The Labute approximate surface area is 82.0 Å². The van der Waals surface area contributed by atoms with E-state index in [2.05, 4.69) is 15.3 Å². The maximum atomic E-state index is 8.80. The molecule has 1 heterocycles. The van der Waals surface area contributed by atoms with Crippen LogP contribution in [0, 0.1) is 6.92 Å². The molecule has 1 unspecified atom stereocenters. The number of aromatic nitrogens is 2. The summed E-state index contributed by atoms with van der Waals surface area (Å²) in [5.41, 5.74) is 0. The summed E-state index contributed by atoms with van der Waals surface area (Å²) in [7, 11) is 0. The van der Waals surface area contributed by atoms with Gasteiger partial charge in [0.05, 0.1) is 6.61 Å². The van der Waals surface area contributed by atoms with E-state index in [0.717, 1.165) is 0 Å². The van der Waals surface area contributed by atoms with E-state index in [1.54, 1.807) is 13.0 Å². The van der Waals surface area contributed by atoms with Crippen molar-refractivity contribution in [3.8, 4) is 0 Å². The van der Waals surface area contributed by atoms with Gasteiger partial charge in [-0.2, -0.15) is 0 Å². The summed E-state index contributed by atoms with van der Waals surface area (Å²) in [6.07, 6.45) is 0. The van der Waals surface area contributed by atoms with Crippen molar-refractivity contribution >= 4 is 17.4 Å². The van der Waals surface area contributed by atoms with Crippen LogP contribution in [0.15, 0.2) is 6.07 Å². The van der Waals surface area contributed by atoms with Gasteiger partial charge in [-0.1, -0.05) is 11.6 Å². The minimum absolute atomic E-state index is 0.0367. The monoisotopic (exact) mass is 201 g/mol. The van der Waals surface area contributed by atoms with Crippen LogP contribution in [-0.4, -0.2) is 27.7 Å². The van der Waals surface area contributed by atoms with Crippen LogP contribution >= 0.6 is 11.6 Å². The Morgan fingerprint density at radius 3 is 2.85 bits per heavy atom. The first-order valence-corrected chi connectivity index (χ1v) is 4.38. The van der Waals surface area contributed by atoms with Crippen LogP contribution in [-0.2, 0) is 0 Å². The third kappa shape index (κ3) is 3.16. The molecule has 0 amide bonds. The van der Waals surface area contributed by atoms with Gasteiger partial charge in [-0.3, -0.25) is 0 Å². The number of aliphatic hydroxyl groups is 1. The predicted octanol–water partition coefficient (Wildman–Crippen LogP) is 1.23. The van der Waals surface area contributed by atoms with Crippen molar-refractivity contribution in [1.29, 1.82) is 0 Å². The molecule has 72 valence electrons. The van der Waals surface area contributed by atoms with Crippen molar-refractivity contribution in [3.05, 3.63) is 17.0 Å². The molecule has 0 bridgehead atoms. The fraction of sp³-hybridized carbons (Fsp3) is 0.500. The van der Waals surface area contributed by atoms with Gasteiger partial charge in [-0.25, -0.2) is 9.97 Å². The molecule has 1 atom stereocenters. The Hall–Kier alpha value is -0.870. The molecule has 1 aromatic heterocycles. The Morgan fingerprint density at radius 1 is 1.62 bits per heavy atom. The zero-order chi connectivity index (χ0) is 9.84. The molecule has 0 aliphatic carbocycles. The number of hydrogen-bond donors (Lipinski definition) is 2. The number of nitrogens with zero attached hydrogens (tertiary/aromatic N) is 2. The van der Waals surface area contributed by atoms with Crippen molar-refractivity contribution in [3.63, 3.8) is 0 Å². The number of halogens is 1. The summed E-state index contributed by atoms with van der Waals surface area (Å²) in [6.45, 7) is 3.67. The highest BCUT2D eigenvalue weighted by atomic mass is 35.5. The van der Waals surface area contributed by atoms with E-state index < -0.39 is 0 Å². The Bertz CT molecular complexity index is 272. The molecule has 0 spiro atoms. The lowest BCUT2D eigenvalue weighted by Gasteiger charge is -2.11. The average molecular weight is 202 g/mol. The smallest absolute Gasteiger partial charge is 0.134 e. The van der Waals surface area contributed by atoms with E-state index in [1.807, 2.05) is 6.92 Å². The van der Waals surface area contributed by atoms with E-state index >= 15 is 0 Å². The van der Waals surface area contributed by atoms with Gasteiger partial charge in [0.2, 0.25) is 0 Å². The largest absolute Gasteiger partial charge is 0.394 e. The minimum atomic E-state index is -0.0367. The third-order valence-electron chi connectivity index (χ3n) is 1.47. The lowest BCUT2D eigenvalue weighted by Crippen LogP contribution is -2.20. The summed E-state index contributed by atoms with van der Waals surface area (Å²) in [4.78, 5) is 8.02. The number of hydrogen-bond acceptors (Lipinski definition) is 4. The van der Waals surface area contributed by atoms with E-state index in [1.165, 1.54) is 0 Å². The zero-order valence-electron chi connectivity index (χ0n) is 7.58. The summed E-state index contributed by atoms with van der Waals surface area (Å²) < 4.78 is 0. The first kappa shape index (κ1) is 10.2. The van der Waals surface area contributed by atoms with Gasteiger partial charge < -0.3 is 10.4 Å². The van der Waals surface area contributed by atoms with Crippen LogP contribution in [0.25, 0.3) is 0 Å². The Balaban J connectivity index is 2.77. The zero-order valence-corrected chi connectivity index (χ0v) is 8.34. The fourth-order valence-corrected chi connectivity index (χ4v) is 1.13. The normalized spacial score (nSPS) is 12.6. The van der Waals surface area contributed by atoms with Crippen molar-refractivity contribution < 1.29 is 5.11 Å². The average Bonchev–Trinajstić information content (AvgIpc) is 2.02. The molecule has 0 saturated heterocycles. The quantitative estimate of drug-likeness (QED) is 0.723. The highest BCUT2D eigenvalue weighted by molar-refractivity contribution is 6.29. The van der Waals surface area contributed by atoms with Crippen molar-refractivity contribution in [2.75, 3.05) is 11.9 Å². The van der Waals surface area contributed by atoms with Gasteiger partial charge in [0.15, 0.2) is 0 Å². The molecule has 2 N–H and O–H groups in total. The molecule has 0 aliphatic rings. The van der Waals surface area contributed by atoms with Gasteiger partial charge in [0, 0.05) is 12.1 Å². The van der Waals surface area contributed by atoms with Crippen molar-refractivity contribution in [2.24, 2.45) is 0 Å². The number of aryl methyl sites for hydroxylation is 1. The number of aliphatic hydroxyl groups excluding tert-OH is 1. The lowest BCUT2D eigenvalue weighted by atomic mass is 10.3. The Kier molecular flexibility index (Phi) is 3.45. The van der Waals surface area contributed by atoms with Crippen LogP contribution in [0.2, 0.25) is 5.15 Å². The standard InChI is InChI=1S/C8H12ClN3O/c1-5(4-13)10-8-3-7(9)11-6(2)12-8/h3,5,13H,4H2,1-2H3,(H,10,11,12). The molecule has 0 radical (unpaired) electrons. The topological polar surface area (TPSA) is 58.0 Å². The Morgan fingerprint density at radius 2 is 2.31 bits per heavy atom. The molecular weight excluding hydrogens is 190 g/mol. The van der Waals surface area contributed by atoms with E-state index in [-0.39, 0.29) is 12.6 Å². The maximum Gasteiger partial charge on any atom is 0.134 e. The summed E-state index contributed by atoms with van der Waals surface area (Å²) >= 11 is 5.72. The van der Waals surface area contributed by atoms with Gasteiger partial charge in [-0.15, -0.1) is 0 Å². The molecule has 0 fully saturated rings. The molecule has 1 aromatic rings. The summed E-state index contributed by atoms with van der Waals surface area (Å²) in [5, 5.41) is 12.2. The maximum absolute atomic E-state index is 8.80. The van der Waals surface area contributed by atoms with Crippen LogP contribution in [0.5, 0.6) is 0 Å². The van der Waals surface area contributed by atoms with Gasteiger partial charge in [0.25, 0.3) is 0 Å². The SMILES string of the molecule is Cc1nc(Cl)cc(NC(C)CO)n1. The van der Waals surface area contributed by atoms with Gasteiger partial charge >= 0.3 is 0 Å². The summed E-state index contributed by atoms with van der Waals surface area (Å²) in [5.74, 6) is 1.25. The third-order valence-corrected chi connectivity index (χ3v) is 1.67. The van der Waals surface area contributed by atoms with Crippen molar-refractivity contribution in [1.82, 2.24) is 9.97 Å². The predicted molar refractivity (Wildman–Crippen MR) is 51.9 cm³/mol. The molecule has 0 aliphatic heterocycles. The van der Waals surface area contributed by atoms with E-state index in [0.29, 0.717) is 16.8 Å². The van der Waals surface area contributed by atoms with E-state index in [4.69, 9.17) is 16.7 Å². The highest BCUT2D eigenvalue weighted by Crippen LogP contribution is 2.11. The number of rotatable bonds is 3. The van der Waals surface area contributed by atoms with Crippen LogP contribution < -0.4 is 5.32 Å². The van der Waals surface area contributed by atoms with E-state index in [9.17, 15) is 0 Å². The molecule has 4 nitrogen and oxygen atoms in total. The first-order valence-electron chi connectivity index (χ1n) is 4.00. The summed E-state index contributed by atoms with van der Waals surface area (Å²) in [6, 6.07) is 1.59. The lowest BCUT2D eigenvalue weighted by molar-refractivity contribution is 0.281. The molecule has 5 heteroatoms. The fourth-order valence-electron chi connectivity index (χ4n) is 0.903. The van der Waals surface area contributed by atoms with Gasteiger partial charge in [0.1, 0.15) is 16.8 Å². The van der Waals surface area contributed by atoms with Crippen LogP contribution in [0.1, 0.15) is 12.7 Å².